The lowest BCUT2D eigenvalue weighted by molar-refractivity contribution is -0.127. The van der Waals surface area contributed by atoms with Gasteiger partial charge in [-0.1, -0.05) is 30.3 Å². The number of fused-ring (bicyclic) bond motifs is 1. The molecular formula is C26H22F2N4O3. The fourth-order valence-electron chi connectivity index (χ4n) is 3.88. The zero-order valence-corrected chi connectivity index (χ0v) is 18.8. The van der Waals surface area contributed by atoms with Crippen LogP contribution in [-0.4, -0.2) is 36.6 Å². The number of anilines is 1. The van der Waals surface area contributed by atoms with Crippen molar-refractivity contribution in [3.05, 3.63) is 101 Å². The number of hydrogen-bond acceptors (Lipinski definition) is 4. The molecule has 1 aliphatic rings. The molecule has 0 saturated carbocycles. The van der Waals surface area contributed by atoms with Crippen LogP contribution >= 0.6 is 0 Å². The van der Waals surface area contributed by atoms with Crippen LogP contribution in [0.1, 0.15) is 33.5 Å². The summed E-state index contributed by atoms with van der Waals surface area (Å²) in [5.41, 5.74) is 8.33. The molecule has 0 fully saturated rings. The number of aryl methyl sites for hydroxylation is 1. The minimum atomic E-state index is -1.23. The van der Waals surface area contributed by atoms with Crippen molar-refractivity contribution in [1.82, 2.24) is 5.32 Å². The van der Waals surface area contributed by atoms with Crippen LogP contribution in [-0.2, 0) is 16.0 Å². The maximum absolute atomic E-state index is 13.4. The molecule has 0 aromatic heterocycles. The molecule has 0 spiro atoms. The van der Waals surface area contributed by atoms with Gasteiger partial charge in [0, 0.05) is 36.2 Å². The number of nitrogens with one attached hydrogen (secondary N) is 1. The highest BCUT2D eigenvalue weighted by Gasteiger charge is 2.30. The van der Waals surface area contributed by atoms with Gasteiger partial charge < -0.3 is 16.0 Å². The first-order valence-corrected chi connectivity index (χ1v) is 10.8. The zero-order chi connectivity index (χ0) is 25.1. The van der Waals surface area contributed by atoms with E-state index >= 15 is 0 Å². The van der Waals surface area contributed by atoms with E-state index in [4.69, 9.17) is 5.73 Å². The third-order valence-corrected chi connectivity index (χ3v) is 5.65. The van der Waals surface area contributed by atoms with Crippen LogP contribution < -0.4 is 16.0 Å². The van der Waals surface area contributed by atoms with E-state index < -0.39 is 35.5 Å². The van der Waals surface area contributed by atoms with Crippen LogP contribution in [0.4, 0.5) is 14.5 Å². The number of benzodiazepines with no additional fused rings is 1. The Morgan fingerprint density at radius 2 is 1.69 bits per heavy atom. The van der Waals surface area contributed by atoms with E-state index in [0.717, 1.165) is 18.2 Å². The van der Waals surface area contributed by atoms with Crippen molar-refractivity contribution in [2.45, 2.75) is 19.0 Å². The monoisotopic (exact) mass is 476 g/mol. The summed E-state index contributed by atoms with van der Waals surface area (Å²) in [4.78, 5) is 43.3. The summed E-state index contributed by atoms with van der Waals surface area (Å²) in [5.74, 6) is -2.98. The molecule has 9 heteroatoms. The lowest BCUT2D eigenvalue weighted by atomic mass is 9.99. The van der Waals surface area contributed by atoms with Gasteiger partial charge in [0.25, 0.3) is 5.91 Å². The van der Waals surface area contributed by atoms with Gasteiger partial charge in [0.15, 0.2) is 0 Å². The molecule has 0 saturated heterocycles. The number of aliphatic imine (C=N–C) groups is 1. The standard InChI is InChI=1S/C26H22F2N4O3/c1-32-21-5-3-2-4-20(21)23(16-7-9-17(10-8-16)24(29)34)31-25(26(32)35)30-22(33)11-6-15-12-18(27)14-19(28)13-15/h2-5,7-10,12-14,25H,6,11H2,1H3,(H2,29,34)(H,30,33). The predicted molar refractivity (Wildman–Crippen MR) is 127 cm³/mol. The summed E-state index contributed by atoms with van der Waals surface area (Å²) >= 11 is 0. The van der Waals surface area contributed by atoms with Gasteiger partial charge in [0.2, 0.25) is 18.0 Å². The highest BCUT2D eigenvalue weighted by Crippen LogP contribution is 2.27. The first kappa shape index (κ1) is 23.7. The minimum Gasteiger partial charge on any atom is -0.366 e. The van der Waals surface area contributed by atoms with Gasteiger partial charge in [-0.2, -0.15) is 0 Å². The van der Waals surface area contributed by atoms with Crippen molar-refractivity contribution in [3.8, 4) is 0 Å². The zero-order valence-electron chi connectivity index (χ0n) is 18.8. The Labute approximate surface area is 200 Å². The summed E-state index contributed by atoms with van der Waals surface area (Å²) in [6, 6.07) is 16.7. The molecule has 1 aliphatic heterocycles. The smallest absolute Gasteiger partial charge is 0.272 e. The van der Waals surface area contributed by atoms with Crippen molar-refractivity contribution < 1.29 is 23.2 Å². The SMILES string of the molecule is CN1C(=O)C(NC(=O)CCc2cc(F)cc(F)c2)N=C(c2ccc(C(N)=O)cc2)c2ccccc21. The van der Waals surface area contributed by atoms with E-state index in [1.807, 2.05) is 12.1 Å². The number of hydrogen-bond donors (Lipinski definition) is 2. The highest BCUT2D eigenvalue weighted by atomic mass is 19.1. The van der Waals surface area contributed by atoms with Crippen LogP contribution in [0.15, 0.2) is 71.7 Å². The van der Waals surface area contributed by atoms with Crippen molar-refractivity contribution in [2.75, 3.05) is 11.9 Å². The summed E-state index contributed by atoms with van der Waals surface area (Å²) < 4.78 is 26.9. The summed E-state index contributed by atoms with van der Waals surface area (Å²) in [7, 11) is 1.59. The maximum atomic E-state index is 13.4. The first-order valence-electron chi connectivity index (χ1n) is 10.8. The summed E-state index contributed by atoms with van der Waals surface area (Å²) in [6.45, 7) is 0. The topological polar surface area (TPSA) is 105 Å². The summed E-state index contributed by atoms with van der Waals surface area (Å²) in [5, 5.41) is 2.62. The number of rotatable bonds is 6. The lowest BCUT2D eigenvalue weighted by Gasteiger charge is -2.20. The van der Waals surface area contributed by atoms with Gasteiger partial charge in [-0.3, -0.25) is 14.4 Å². The van der Waals surface area contributed by atoms with Crippen molar-refractivity contribution in [2.24, 2.45) is 10.7 Å². The van der Waals surface area contributed by atoms with E-state index in [1.165, 1.54) is 4.90 Å². The number of benzene rings is 3. The molecular weight excluding hydrogens is 454 g/mol. The van der Waals surface area contributed by atoms with Crippen LogP contribution in [0.2, 0.25) is 0 Å². The van der Waals surface area contributed by atoms with Gasteiger partial charge in [-0.15, -0.1) is 0 Å². The molecule has 178 valence electrons. The molecule has 35 heavy (non-hydrogen) atoms. The molecule has 0 bridgehead atoms. The molecule has 3 aromatic carbocycles. The molecule has 1 unspecified atom stereocenters. The van der Waals surface area contributed by atoms with Crippen LogP contribution in [0, 0.1) is 11.6 Å². The molecule has 3 aromatic rings. The van der Waals surface area contributed by atoms with E-state index in [2.05, 4.69) is 10.3 Å². The van der Waals surface area contributed by atoms with Gasteiger partial charge >= 0.3 is 0 Å². The van der Waals surface area contributed by atoms with Crippen molar-refractivity contribution in [3.63, 3.8) is 0 Å². The molecule has 1 heterocycles. The Bertz CT molecular complexity index is 1320. The Morgan fingerprint density at radius 3 is 2.34 bits per heavy atom. The fourth-order valence-corrected chi connectivity index (χ4v) is 3.88. The van der Waals surface area contributed by atoms with Crippen LogP contribution in [0.5, 0.6) is 0 Å². The van der Waals surface area contributed by atoms with E-state index in [0.29, 0.717) is 33.7 Å². The lowest BCUT2D eigenvalue weighted by Crippen LogP contribution is -2.46. The second kappa shape index (κ2) is 9.84. The first-order chi connectivity index (χ1) is 16.7. The summed E-state index contributed by atoms with van der Waals surface area (Å²) in [6.07, 6.45) is -1.24. The van der Waals surface area contributed by atoms with E-state index in [9.17, 15) is 23.2 Å². The van der Waals surface area contributed by atoms with Gasteiger partial charge in [0.1, 0.15) is 11.6 Å². The minimum absolute atomic E-state index is 0.0860. The number of nitrogens with zero attached hydrogens (tertiary/aromatic N) is 2. The number of likely N-dealkylation sites (N-methyl/N-ethyl adjacent to an activating group) is 1. The third kappa shape index (κ3) is 5.24. The molecule has 3 N–H and O–H groups in total. The van der Waals surface area contributed by atoms with E-state index in [-0.39, 0.29) is 12.8 Å². The number of carbonyl (C=O) groups is 3. The molecule has 7 nitrogen and oxygen atoms in total. The molecule has 0 aliphatic carbocycles. The van der Waals surface area contributed by atoms with Gasteiger partial charge in [-0.05, 0) is 42.3 Å². The Kier molecular flexibility index (Phi) is 6.68. The second-order valence-corrected chi connectivity index (χ2v) is 8.08. The number of amides is 3. The fraction of sp³-hybridized carbons (Fsp3) is 0.154. The average Bonchev–Trinajstić information content (AvgIpc) is 2.93. The number of carbonyl (C=O) groups excluding carboxylic acids is 3. The van der Waals surface area contributed by atoms with Gasteiger partial charge in [-0.25, -0.2) is 13.8 Å². The Morgan fingerprint density at radius 1 is 1.03 bits per heavy atom. The maximum Gasteiger partial charge on any atom is 0.272 e. The van der Waals surface area contributed by atoms with Gasteiger partial charge in [0.05, 0.1) is 11.4 Å². The largest absolute Gasteiger partial charge is 0.366 e. The van der Waals surface area contributed by atoms with Crippen LogP contribution in [0.25, 0.3) is 0 Å². The molecule has 1 atom stereocenters. The third-order valence-electron chi connectivity index (χ3n) is 5.65. The average molecular weight is 476 g/mol. The predicted octanol–water partition coefficient (Wildman–Crippen LogP) is 2.95. The normalized spacial score (nSPS) is 15.2. The number of halogens is 2. The van der Waals surface area contributed by atoms with Crippen molar-refractivity contribution >= 4 is 29.1 Å². The number of nitrogens with two attached hydrogens (primary N) is 1. The quantitative estimate of drug-likeness (QED) is 0.572. The molecule has 3 amide bonds. The number of primary amides is 1. The second-order valence-electron chi connectivity index (χ2n) is 8.08. The highest BCUT2D eigenvalue weighted by molar-refractivity contribution is 6.20. The van der Waals surface area contributed by atoms with E-state index in [1.54, 1.807) is 43.4 Å². The molecule has 0 radical (unpaired) electrons. The molecule has 4 rings (SSSR count). The Hall–Kier alpha value is -4.40. The Balaban J connectivity index is 1.63. The van der Waals surface area contributed by atoms with Crippen LogP contribution in [0.3, 0.4) is 0 Å². The van der Waals surface area contributed by atoms with Crippen molar-refractivity contribution in [1.29, 1.82) is 0 Å². The number of para-hydroxylation sites is 1.